The van der Waals surface area contributed by atoms with Crippen LogP contribution in [0.15, 0.2) is 48.5 Å². The zero-order chi connectivity index (χ0) is 41.3. The van der Waals surface area contributed by atoms with Crippen molar-refractivity contribution in [2.24, 2.45) is 0 Å². The van der Waals surface area contributed by atoms with Gasteiger partial charge in [-0.05, 0) is 62.1 Å². The van der Waals surface area contributed by atoms with Crippen LogP contribution in [0.1, 0.15) is 186 Å². The van der Waals surface area contributed by atoms with Gasteiger partial charge in [-0.2, -0.15) is 0 Å². The van der Waals surface area contributed by atoms with Gasteiger partial charge in [-0.3, -0.25) is 14.5 Å². The zero-order valence-corrected chi connectivity index (χ0v) is 38.0. The van der Waals surface area contributed by atoms with E-state index in [1.807, 2.05) is 6.92 Å². The minimum Gasteiger partial charge on any atom is -0.340 e. The van der Waals surface area contributed by atoms with Crippen LogP contribution >= 0.6 is 11.3 Å². The number of aryl methyl sites for hydroxylation is 4. The van der Waals surface area contributed by atoms with E-state index in [-0.39, 0.29) is 11.8 Å². The number of carbonyl (C=O) groups is 2. The second-order valence-corrected chi connectivity index (χ2v) is 19.1. The maximum Gasteiger partial charge on any atom is 0.262 e. The normalized spacial score (nSPS) is 13.1. The number of unbranched alkanes of at least 4 members (excludes halogenated alkanes) is 20. The standard InChI is InChI=1S/C53H71N3O2S/c1-6-8-10-12-14-16-18-20-22-24-26-32-55-45-34-38(3)28-30-41(45)43-36-48-44(37-47(43)55)42-31-29-40(51-50-49(39(4)59-51)52(57)54(5)53(50)58)35-46(42)56(48)33-27-25-23-21-19-17-15-13-11-9-7-2/h28-31,34-37H,6-27,32-33H2,1-5H3. The molecule has 0 saturated heterocycles. The summed E-state index contributed by atoms with van der Waals surface area (Å²) in [5.74, 6) is -0.367. The fourth-order valence-corrected chi connectivity index (χ4v) is 11.1. The van der Waals surface area contributed by atoms with Crippen LogP contribution < -0.4 is 0 Å². The quantitative estimate of drug-likeness (QED) is 0.0427. The Morgan fingerprint density at radius 1 is 0.458 bits per heavy atom. The van der Waals surface area contributed by atoms with E-state index in [1.54, 1.807) is 18.4 Å². The van der Waals surface area contributed by atoms with Gasteiger partial charge in [0.25, 0.3) is 11.8 Å². The maximum atomic E-state index is 13.4. The average Bonchev–Trinajstić information content (AvgIpc) is 3.91. The van der Waals surface area contributed by atoms with Crippen LogP contribution in [0.5, 0.6) is 0 Å². The van der Waals surface area contributed by atoms with Crippen molar-refractivity contribution < 1.29 is 9.59 Å². The van der Waals surface area contributed by atoms with E-state index in [2.05, 4.69) is 78.4 Å². The van der Waals surface area contributed by atoms with Gasteiger partial charge in [-0.1, -0.05) is 167 Å². The van der Waals surface area contributed by atoms with Crippen molar-refractivity contribution in [3.63, 3.8) is 0 Å². The Morgan fingerprint density at radius 3 is 1.36 bits per heavy atom. The van der Waals surface area contributed by atoms with E-state index in [1.165, 1.54) is 189 Å². The summed E-state index contributed by atoms with van der Waals surface area (Å²) in [6.07, 6.45) is 29.4. The number of aromatic nitrogens is 2. The lowest BCUT2D eigenvalue weighted by atomic mass is 10.0. The highest BCUT2D eigenvalue weighted by molar-refractivity contribution is 7.16. The number of carbonyl (C=O) groups excluding carboxylic acids is 2. The van der Waals surface area contributed by atoms with Crippen LogP contribution in [0.25, 0.3) is 54.1 Å². The molecule has 7 rings (SSSR count). The van der Waals surface area contributed by atoms with Crippen LogP contribution in [-0.4, -0.2) is 32.9 Å². The average molecular weight is 814 g/mol. The van der Waals surface area contributed by atoms with Gasteiger partial charge < -0.3 is 9.13 Å². The minimum atomic E-state index is -0.186. The molecule has 0 saturated carbocycles. The predicted octanol–water partition coefficient (Wildman–Crippen LogP) is 16.1. The van der Waals surface area contributed by atoms with E-state index < -0.39 is 0 Å². The molecule has 0 spiro atoms. The SMILES string of the molecule is CCCCCCCCCCCCCn1c2cc(C)ccc2c2cc3c(cc21)c1ccc(-c2sc(C)c4c2C(=O)N(C)C4=O)cc1n3CCCCCCCCCCCCC. The van der Waals surface area contributed by atoms with E-state index in [4.69, 9.17) is 0 Å². The largest absolute Gasteiger partial charge is 0.340 e. The van der Waals surface area contributed by atoms with Gasteiger partial charge in [0.15, 0.2) is 0 Å². The molecule has 3 aromatic carbocycles. The number of thiophene rings is 1. The summed E-state index contributed by atoms with van der Waals surface area (Å²) in [7, 11) is 1.60. The third-order valence-electron chi connectivity index (χ3n) is 13.4. The molecule has 0 radical (unpaired) electrons. The number of hydrogen-bond donors (Lipinski definition) is 0. The van der Waals surface area contributed by atoms with Gasteiger partial charge in [0.1, 0.15) is 0 Å². The Kier molecular flexibility index (Phi) is 15.1. The molecule has 2 amide bonds. The predicted molar refractivity (Wildman–Crippen MR) is 255 cm³/mol. The van der Waals surface area contributed by atoms with E-state index >= 15 is 0 Å². The summed E-state index contributed by atoms with van der Waals surface area (Å²) >= 11 is 1.58. The number of nitrogens with zero attached hydrogens (tertiary/aromatic N) is 3. The van der Waals surface area contributed by atoms with Crippen molar-refractivity contribution in [1.82, 2.24) is 14.0 Å². The molecule has 0 fully saturated rings. The number of rotatable bonds is 25. The highest BCUT2D eigenvalue weighted by Crippen LogP contribution is 2.44. The van der Waals surface area contributed by atoms with Crippen LogP contribution in [0.4, 0.5) is 0 Å². The Morgan fingerprint density at radius 2 is 0.864 bits per heavy atom. The fraction of sp³-hybridized carbons (Fsp3) is 0.547. The van der Waals surface area contributed by atoms with E-state index in [0.29, 0.717) is 11.1 Å². The van der Waals surface area contributed by atoms with Crippen molar-refractivity contribution >= 4 is 66.8 Å². The van der Waals surface area contributed by atoms with Gasteiger partial charge in [0.2, 0.25) is 0 Å². The van der Waals surface area contributed by atoms with Gasteiger partial charge in [0, 0.05) is 73.5 Å². The first kappa shape index (κ1) is 43.2. The van der Waals surface area contributed by atoms with Crippen LogP contribution in [0.3, 0.4) is 0 Å². The van der Waals surface area contributed by atoms with E-state index in [9.17, 15) is 9.59 Å². The summed E-state index contributed by atoms with van der Waals surface area (Å²) in [6.45, 7) is 10.8. The maximum absolute atomic E-state index is 13.4. The first-order valence-electron chi connectivity index (χ1n) is 23.8. The molecule has 316 valence electrons. The third-order valence-corrected chi connectivity index (χ3v) is 14.5. The molecule has 0 unspecified atom stereocenters. The third kappa shape index (κ3) is 9.54. The van der Waals surface area contributed by atoms with Gasteiger partial charge >= 0.3 is 0 Å². The smallest absolute Gasteiger partial charge is 0.262 e. The van der Waals surface area contributed by atoms with Crippen LogP contribution in [-0.2, 0) is 13.1 Å². The molecule has 4 heterocycles. The monoisotopic (exact) mass is 814 g/mol. The minimum absolute atomic E-state index is 0.181. The molecule has 1 aliphatic rings. The summed E-state index contributed by atoms with van der Waals surface area (Å²) in [5.41, 5.74) is 8.71. The molecule has 0 aliphatic carbocycles. The molecule has 0 atom stereocenters. The van der Waals surface area contributed by atoms with E-state index in [0.717, 1.165) is 34.8 Å². The van der Waals surface area contributed by atoms with Crippen LogP contribution in [0.2, 0.25) is 0 Å². The van der Waals surface area contributed by atoms with Crippen molar-refractivity contribution in [1.29, 1.82) is 0 Å². The topological polar surface area (TPSA) is 47.2 Å². The molecule has 0 N–H and O–H groups in total. The molecule has 59 heavy (non-hydrogen) atoms. The van der Waals surface area contributed by atoms with Crippen molar-refractivity contribution in [2.75, 3.05) is 7.05 Å². The second kappa shape index (κ2) is 20.6. The lowest BCUT2D eigenvalue weighted by Gasteiger charge is -2.10. The Balaban J connectivity index is 1.17. The Labute approximate surface area is 358 Å². The molecule has 6 heteroatoms. The van der Waals surface area contributed by atoms with Crippen molar-refractivity contribution in [3.05, 3.63) is 70.1 Å². The Hall–Kier alpha value is -3.90. The molecular formula is C53H71N3O2S. The summed E-state index contributed by atoms with van der Waals surface area (Å²) < 4.78 is 5.19. The van der Waals surface area contributed by atoms with Gasteiger partial charge in [-0.15, -0.1) is 11.3 Å². The van der Waals surface area contributed by atoms with Gasteiger partial charge in [0.05, 0.1) is 11.1 Å². The number of benzene rings is 3. The van der Waals surface area contributed by atoms with Crippen LogP contribution in [0, 0.1) is 13.8 Å². The highest BCUT2D eigenvalue weighted by atomic mass is 32.1. The van der Waals surface area contributed by atoms with Crippen molar-refractivity contribution in [2.45, 2.75) is 182 Å². The lowest BCUT2D eigenvalue weighted by Crippen LogP contribution is -2.24. The first-order chi connectivity index (χ1) is 28.8. The fourth-order valence-electron chi connectivity index (χ4n) is 9.92. The number of amides is 2. The summed E-state index contributed by atoms with van der Waals surface area (Å²) in [5, 5.41) is 5.26. The molecule has 1 aliphatic heterocycles. The zero-order valence-electron chi connectivity index (χ0n) is 37.2. The first-order valence-corrected chi connectivity index (χ1v) is 24.6. The summed E-state index contributed by atoms with van der Waals surface area (Å²) in [4.78, 5) is 29.5. The molecule has 0 bridgehead atoms. The number of imide groups is 1. The second-order valence-electron chi connectivity index (χ2n) is 17.9. The summed E-state index contributed by atoms with van der Waals surface area (Å²) in [6, 6.07) is 18.8. The number of fused-ring (bicyclic) bond motifs is 7. The Bertz CT molecular complexity index is 2370. The van der Waals surface area contributed by atoms with Gasteiger partial charge in [-0.25, -0.2) is 0 Å². The molecule has 6 aromatic rings. The lowest BCUT2D eigenvalue weighted by molar-refractivity contribution is 0.0693. The molecule has 3 aromatic heterocycles. The van der Waals surface area contributed by atoms with Crippen molar-refractivity contribution in [3.8, 4) is 10.4 Å². The highest BCUT2D eigenvalue weighted by Gasteiger charge is 2.39. The molecular weight excluding hydrogens is 743 g/mol. The number of hydrogen-bond acceptors (Lipinski definition) is 3. The molecule has 5 nitrogen and oxygen atoms in total.